The fourth-order valence-electron chi connectivity index (χ4n) is 1.23. The van der Waals surface area contributed by atoms with E-state index in [4.69, 9.17) is 11.6 Å². The normalized spacial score (nSPS) is 17.3. The number of hydrogen-bond donors (Lipinski definition) is 2. The van der Waals surface area contributed by atoms with E-state index < -0.39 is 0 Å². The molecule has 0 bridgehead atoms. The predicted molar refractivity (Wildman–Crippen MR) is 60.3 cm³/mol. The Morgan fingerprint density at radius 1 is 1.27 bits per heavy atom. The number of anilines is 2. The van der Waals surface area contributed by atoms with Gasteiger partial charge in [0, 0.05) is 12.1 Å². The molecule has 2 N–H and O–H groups in total. The van der Waals surface area contributed by atoms with Crippen LogP contribution in [0.1, 0.15) is 26.7 Å². The zero-order valence-corrected chi connectivity index (χ0v) is 9.60. The first-order chi connectivity index (χ1) is 7.11. The summed E-state index contributed by atoms with van der Waals surface area (Å²) in [4.78, 5) is 12.2. The number of halogens is 1. The molecule has 1 aliphatic rings. The Hall–Kier alpha value is -1.10. The summed E-state index contributed by atoms with van der Waals surface area (Å²) in [6.45, 7) is 4.88. The zero-order chi connectivity index (χ0) is 10.9. The van der Waals surface area contributed by atoms with Gasteiger partial charge < -0.3 is 10.6 Å². The molecule has 1 aliphatic carbocycles. The van der Waals surface area contributed by atoms with Gasteiger partial charge in [-0.25, -0.2) is 0 Å². The van der Waals surface area contributed by atoms with Crippen molar-refractivity contribution in [1.82, 2.24) is 15.0 Å². The van der Waals surface area contributed by atoms with Gasteiger partial charge in [0.05, 0.1) is 0 Å². The van der Waals surface area contributed by atoms with E-state index in [2.05, 4.69) is 32.5 Å². The maximum Gasteiger partial charge on any atom is 0.229 e. The molecule has 2 rings (SSSR count). The van der Waals surface area contributed by atoms with E-state index >= 15 is 0 Å². The summed E-state index contributed by atoms with van der Waals surface area (Å²) < 4.78 is 0. The molecule has 82 valence electrons. The molecule has 0 radical (unpaired) electrons. The number of aromatic nitrogens is 3. The van der Waals surface area contributed by atoms with Crippen LogP contribution in [0.25, 0.3) is 0 Å². The van der Waals surface area contributed by atoms with Gasteiger partial charge in [-0.3, -0.25) is 0 Å². The summed E-state index contributed by atoms with van der Waals surface area (Å²) >= 11 is 5.79. The van der Waals surface area contributed by atoms with Crippen molar-refractivity contribution in [3.8, 4) is 0 Å². The predicted octanol–water partition coefficient (Wildman–Crippen LogP) is 1.92. The lowest BCUT2D eigenvalue weighted by Gasteiger charge is -2.11. The first-order valence-corrected chi connectivity index (χ1v) is 5.43. The fraction of sp³-hybridized carbons (Fsp3) is 0.667. The third kappa shape index (κ3) is 2.68. The van der Waals surface area contributed by atoms with E-state index in [-0.39, 0.29) is 10.8 Å². The molecule has 0 amide bonds. The van der Waals surface area contributed by atoms with Gasteiger partial charge in [0.15, 0.2) is 0 Å². The average Bonchev–Trinajstić information content (AvgIpc) is 2.82. The van der Waals surface area contributed by atoms with Crippen molar-refractivity contribution < 1.29 is 0 Å². The van der Waals surface area contributed by atoms with Gasteiger partial charge in [0.25, 0.3) is 0 Å². The van der Waals surface area contributed by atoms with Gasteiger partial charge in [-0.2, -0.15) is 15.0 Å². The minimum absolute atomic E-state index is 0.147. The van der Waals surface area contributed by atoms with Crippen LogP contribution in [0.2, 0.25) is 5.28 Å². The second kappa shape index (κ2) is 3.81. The molecule has 1 aromatic heterocycles. The van der Waals surface area contributed by atoms with Gasteiger partial charge in [0.1, 0.15) is 0 Å². The molecule has 0 atom stereocenters. The van der Waals surface area contributed by atoms with Crippen LogP contribution in [0, 0.1) is 0 Å². The van der Waals surface area contributed by atoms with Crippen LogP contribution in [0.3, 0.4) is 0 Å². The van der Waals surface area contributed by atoms with Crippen molar-refractivity contribution in [2.24, 2.45) is 0 Å². The van der Waals surface area contributed by atoms with Crippen molar-refractivity contribution >= 4 is 23.5 Å². The number of nitrogens with zero attached hydrogens (tertiary/aromatic N) is 3. The van der Waals surface area contributed by atoms with Gasteiger partial charge in [-0.05, 0) is 38.3 Å². The maximum absolute atomic E-state index is 5.79. The van der Waals surface area contributed by atoms with Gasteiger partial charge in [-0.15, -0.1) is 0 Å². The summed E-state index contributed by atoms with van der Waals surface area (Å²) in [5.74, 6) is 1.07. The Balaban J connectivity index is 2.15. The van der Waals surface area contributed by atoms with E-state index in [1.54, 1.807) is 0 Å². The lowest BCUT2D eigenvalue weighted by atomic mass is 10.3. The Bertz CT molecular complexity index is 364. The van der Waals surface area contributed by atoms with Crippen LogP contribution in [0.15, 0.2) is 0 Å². The molecule has 1 saturated carbocycles. The van der Waals surface area contributed by atoms with Gasteiger partial charge in [0.2, 0.25) is 17.2 Å². The molecule has 6 heteroatoms. The first-order valence-electron chi connectivity index (χ1n) is 5.05. The van der Waals surface area contributed by atoms with Crippen molar-refractivity contribution in [2.45, 2.75) is 32.2 Å². The third-order valence-corrected chi connectivity index (χ3v) is 2.53. The van der Waals surface area contributed by atoms with Crippen LogP contribution < -0.4 is 10.6 Å². The van der Waals surface area contributed by atoms with Crippen LogP contribution in [-0.2, 0) is 0 Å². The lowest BCUT2D eigenvalue weighted by molar-refractivity contribution is 0.805. The average molecular weight is 228 g/mol. The molecule has 0 saturated heterocycles. The van der Waals surface area contributed by atoms with Crippen molar-refractivity contribution in [1.29, 1.82) is 0 Å². The molecule has 0 aromatic carbocycles. The molecule has 1 aromatic rings. The van der Waals surface area contributed by atoms with E-state index in [9.17, 15) is 0 Å². The molecule has 1 heterocycles. The Kier molecular flexibility index (Phi) is 2.65. The second-order valence-electron chi connectivity index (χ2n) is 3.97. The van der Waals surface area contributed by atoms with Crippen LogP contribution >= 0.6 is 11.6 Å². The summed E-state index contributed by atoms with van der Waals surface area (Å²) in [5.41, 5.74) is 0.147. The van der Waals surface area contributed by atoms with Crippen LogP contribution in [-0.4, -0.2) is 27.0 Å². The Morgan fingerprint density at radius 2 is 1.93 bits per heavy atom. The molecule has 0 spiro atoms. The fourth-order valence-corrected chi connectivity index (χ4v) is 1.39. The standard InChI is InChI=1S/C9H14ClN5/c1-3-11-7-12-6(10)13-8(14-7)15-9(2)4-5-9/h3-5H2,1-2H3,(H2,11,12,13,14,15). The molecule has 1 fully saturated rings. The van der Waals surface area contributed by atoms with E-state index in [0.717, 1.165) is 19.4 Å². The summed E-state index contributed by atoms with van der Waals surface area (Å²) in [7, 11) is 0. The molecule has 0 aliphatic heterocycles. The van der Waals surface area contributed by atoms with Gasteiger partial charge >= 0.3 is 0 Å². The third-order valence-electron chi connectivity index (χ3n) is 2.36. The minimum Gasteiger partial charge on any atom is -0.354 e. The van der Waals surface area contributed by atoms with Crippen molar-refractivity contribution in [3.05, 3.63) is 5.28 Å². The Labute approximate surface area is 93.7 Å². The summed E-state index contributed by atoms with van der Waals surface area (Å²) in [6.07, 6.45) is 2.29. The SMILES string of the molecule is CCNc1nc(Cl)nc(NC2(C)CC2)n1. The molecule has 0 unspecified atom stereocenters. The highest BCUT2D eigenvalue weighted by molar-refractivity contribution is 6.28. The highest BCUT2D eigenvalue weighted by Crippen LogP contribution is 2.37. The molecule has 5 nitrogen and oxygen atoms in total. The summed E-state index contributed by atoms with van der Waals surface area (Å²) in [5, 5.41) is 6.47. The van der Waals surface area contributed by atoms with Crippen molar-refractivity contribution in [2.75, 3.05) is 17.2 Å². The highest BCUT2D eigenvalue weighted by atomic mass is 35.5. The molecule has 15 heavy (non-hydrogen) atoms. The molecular weight excluding hydrogens is 214 g/mol. The monoisotopic (exact) mass is 227 g/mol. The number of hydrogen-bond acceptors (Lipinski definition) is 5. The van der Waals surface area contributed by atoms with Crippen molar-refractivity contribution in [3.63, 3.8) is 0 Å². The first kappa shape index (κ1) is 10.4. The smallest absolute Gasteiger partial charge is 0.229 e. The highest BCUT2D eigenvalue weighted by Gasteiger charge is 2.38. The second-order valence-corrected chi connectivity index (χ2v) is 4.31. The minimum atomic E-state index is 0.147. The van der Waals surface area contributed by atoms with Gasteiger partial charge in [-0.1, -0.05) is 0 Å². The zero-order valence-electron chi connectivity index (χ0n) is 8.84. The van der Waals surface area contributed by atoms with E-state index in [1.807, 2.05) is 6.92 Å². The quantitative estimate of drug-likeness (QED) is 0.823. The lowest BCUT2D eigenvalue weighted by Crippen LogP contribution is -2.19. The molecular formula is C9H14ClN5. The Morgan fingerprint density at radius 3 is 2.53 bits per heavy atom. The van der Waals surface area contributed by atoms with Crippen LogP contribution in [0.5, 0.6) is 0 Å². The largest absolute Gasteiger partial charge is 0.354 e. The van der Waals surface area contributed by atoms with E-state index in [1.165, 1.54) is 0 Å². The number of nitrogens with one attached hydrogen (secondary N) is 2. The topological polar surface area (TPSA) is 62.7 Å². The van der Waals surface area contributed by atoms with E-state index in [0.29, 0.717) is 11.9 Å². The van der Waals surface area contributed by atoms with Crippen LogP contribution in [0.4, 0.5) is 11.9 Å². The number of rotatable bonds is 4. The summed E-state index contributed by atoms with van der Waals surface area (Å²) in [6, 6.07) is 0. The maximum atomic E-state index is 5.79.